The summed E-state index contributed by atoms with van der Waals surface area (Å²) in [6.07, 6.45) is 1.61. The molecule has 1 aromatic carbocycles. The van der Waals surface area contributed by atoms with Crippen molar-refractivity contribution in [2.45, 2.75) is 5.16 Å². The van der Waals surface area contributed by atoms with E-state index in [1.807, 2.05) is 37.4 Å². The molecule has 0 spiro atoms. The van der Waals surface area contributed by atoms with Gasteiger partial charge in [0.05, 0.1) is 5.75 Å². The van der Waals surface area contributed by atoms with Crippen LogP contribution in [0.25, 0.3) is 0 Å². The van der Waals surface area contributed by atoms with Crippen LogP contribution in [0, 0.1) is 0 Å². The highest BCUT2D eigenvalue weighted by molar-refractivity contribution is 7.99. The second kappa shape index (κ2) is 8.02. The third kappa shape index (κ3) is 4.50. The molecule has 2 aromatic rings. The smallest absolute Gasteiger partial charge is 0.321 e. The quantitative estimate of drug-likeness (QED) is 0.831. The van der Waals surface area contributed by atoms with Gasteiger partial charge in [-0.05, 0) is 12.1 Å². The van der Waals surface area contributed by atoms with Crippen molar-refractivity contribution in [1.82, 2.24) is 24.6 Å². The van der Waals surface area contributed by atoms with E-state index in [9.17, 15) is 9.59 Å². The van der Waals surface area contributed by atoms with Crippen LogP contribution in [-0.4, -0.2) is 68.4 Å². The zero-order chi connectivity index (χ0) is 17.6. The molecule has 0 saturated carbocycles. The van der Waals surface area contributed by atoms with Crippen molar-refractivity contribution >= 4 is 29.4 Å². The Labute approximate surface area is 150 Å². The van der Waals surface area contributed by atoms with E-state index < -0.39 is 0 Å². The van der Waals surface area contributed by atoms with Gasteiger partial charge >= 0.3 is 6.03 Å². The van der Waals surface area contributed by atoms with Crippen molar-refractivity contribution in [1.29, 1.82) is 0 Å². The number of benzene rings is 1. The van der Waals surface area contributed by atoms with Crippen LogP contribution in [0.4, 0.5) is 10.5 Å². The lowest BCUT2D eigenvalue weighted by Gasteiger charge is -2.34. The summed E-state index contributed by atoms with van der Waals surface area (Å²) in [6, 6.07) is 9.22. The van der Waals surface area contributed by atoms with Gasteiger partial charge in [-0.25, -0.2) is 4.79 Å². The van der Waals surface area contributed by atoms with E-state index >= 15 is 0 Å². The third-order valence-corrected chi connectivity index (χ3v) is 4.96. The number of amides is 3. The Balaban J connectivity index is 1.44. The predicted octanol–water partition coefficient (Wildman–Crippen LogP) is 1.28. The highest BCUT2D eigenvalue weighted by atomic mass is 32.2. The summed E-state index contributed by atoms with van der Waals surface area (Å²) in [7, 11) is 1.84. The first-order valence-electron chi connectivity index (χ1n) is 7.99. The Hall–Kier alpha value is -2.55. The Morgan fingerprint density at radius 2 is 1.80 bits per heavy atom. The molecule has 1 aliphatic rings. The molecule has 25 heavy (non-hydrogen) atoms. The van der Waals surface area contributed by atoms with Gasteiger partial charge in [0.2, 0.25) is 5.91 Å². The Morgan fingerprint density at radius 1 is 1.12 bits per heavy atom. The number of rotatable bonds is 4. The van der Waals surface area contributed by atoms with E-state index in [2.05, 4.69) is 15.5 Å². The molecule has 0 aliphatic carbocycles. The number of nitrogens with zero attached hydrogens (tertiary/aromatic N) is 5. The molecule has 3 amide bonds. The van der Waals surface area contributed by atoms with Crippen LogP contribution in [0.2, 0.25) is 0 Å². The highest BCUT2D eigenvalue weighted by Crippen LogP contribution is 2.15. The zero-order valence-corrected chi connectivity index (χ0v) is 14.8. The van der Waals surface area contributed by atoms with Crippen molar-refractivity contribution in [3.63, 3.8) is 0 Å². The first kappa shape index (κ1) is 17.3. The lowest BCUT2D eigenvalue weighted by molar-refractivity contribution is -0.129. The number of carbonyl (C=O) groups excluding carboxylic acids is 2. The second-order valence-corrected chi connectivity index (χ2v) is 6.62. The minimum absolute atomic E-state index is 0.0520. The molecule has 8 nitrogen and oxygen atoms in total. The molecule has 1 saturated heterocycles. The van der Waals surface area contributed by atoms with Gasteiger partial charge < -0.3 is 19.7 Å². The van der Waals surface area contributed by atoms with Crippen molar-refractivity contribution in [2.75, 3.05) is 37.2 Å². The number of para-hydroxylation sites is 1. The fraction of sp³-hybridized carbons (Fsp3) is 0.375. The molecule has 0 atom stereocenters. The molecule has 1 aromatic heterocycles. The molecule has 3 rings (SSSR count). The van der Waals surface area contributed by atoms with Gasteiger partial charge in [-0.1, -0.05) is 30.0 Å². The monoisotopic (exact) mass is 360 g/mol. The number of thioether (sulfide) groups is 1. The zero-order valence-electron chi connectivity index (χ0n) is 14.0. The van der Waals surface area contributed by atoms with Gasteiger partial charge in [0.15, 0.2) is 5.16 Å². The largest absolute Gasteiger partial charge is 0.338 e. The summed E-state index contributed by atoms with van der Waals surface area (Å²) in [5, 5.41) is 11.3. The normalized spacial score (nSPS) is 14.4. The fourth-order valence-electron chi connectivity index (χ4n) is 2.50. The molecule has 1 N–H and O–H groups in total. The van der Waals surface area contributed by atoms with Crippen LogP contribution < -0.4 is 5.32 Å². The average molecular weight is 360 g/mol. The number of aryl methyl sites for hydroxylation is 1. The highest BCUT2D eigenvalue weighted by Gasteiger charge is 2.24. The van der Waals surface area contributed by atoms with Gasteiger partial charge in [0.25, 0.3) is 0 Å². The van der Waals surface area contributed by atoms with E-state index in [1.54, 1.807) is 20.7 Å². The Morgan fingerprint density at radius 3 is 2.44 bits per heavy atom. The molecule has 132 valence electrons. The van der Waals surface area contributed by atoms with Crippen LogP contribution in [0.3, 0.4) is 0 Å². The standard InChI is InChI=1S/C16H20N6O2S/c1-20-12-17-19-16(20)25-11-14(23)21-7-9-22(10-8-21)15(24)18-13-5-3-2-4-6-13/h2-6,12H,7-11H2,1H3,(H,18,24). The SMILES string of the molecule is Cn1cnnc1SCC(=O)N1CCN(C(=O)Nc2ccccc2)CC1. The molecule has 2 heterocycles. The fourth-order valence-corrected chi connectivity index (χ4v) is 3.29. The summed E-state index contributed by atoms with van der Waals surface area (Å²) in [5.74, 6) is 0.374. The molecule has 1 aliphatic heterocycles. The van der Waals surface area contributed by atoms with Crippen LogP contribution >= 0.6 is 11.8 Å². The number of hydrogen-bond donors (Lipinski definition) is 1. The van der Waals surface area contributed by atoms with Crippen LogP contribution in [-0.2, 0) is 11.8 Å². The average Bonchev–Trinajstić information content (AvgIpc) is 3.05. The molecule has 1 fully saturated rings. The first-order chi connectivity index (χ1) is 12.1. The maximum Gasteiger partial charge on any atom is 0.321 e. The number of urea groups is 1. The van der Waals surface area contributed by atoms with Gasteiger partial charge in [0, 0.05) is 38.9 Å². The molecule has 9 heteroatoms. The lowest BCUT2D eigenvalue weighted by atomic mass is 10.3. The number of hydrogen-bond acceptors (Lipinski definition) is 5. The lowest BCUT2D eigenvalue weighted by Crippen LogP contribution is -2.52. The summed E-state index contributed by atoms with van der Waals surface area (Å²) in [5.41, 5.74) is 0.770. The van der Waals surface area contributed by atoms with E-state index in [0.717, 1.165) is 5.69 Å². The number of aromatic nitrogens is 3. The maximum atomic E-state index is 12.3. The first-order valence-corrected chi connectivity index (χ1v) is 8.97. The summed E-state index contributed by atoms with van der Waals surface area (Å²) in [4.78, 5) is 28.1. The Kier molecular flexibility index (Phi) is 5.54. The van der Waals surface area contributed by atoms with Crippen molar-refractivity contribution in [3.8, 4) is 0 Å². The summed E-state index contributed by atoms with van der Waals surface area (Å²) < 4.78 is 1.78. The van der Waals surface area contributed by atoms with Crippen molar-refractivity contribution in [2.24, 2.45) is 7.05 Å². The van der Waals surface area contributed by atoms with Gasteiger partial charge in [-0.2, -0.15) is 0 Å². The molecule has 0 radical (unpaired) electrons. The molecule has 0 unspecified atom stereocenters. The van der Waals surface area contributed by atoms with Crippen LogP contribution in [0.15, 0.2) is 41.8 Å². The van der Waals surface area contributed by atoms with E-state index in [-0.39, 0.29) is 11.9 Å². The minimum atomic E-state index is -0.133. The van der Waals surface area contributed by atoms with Gasteiger partial charge in [0.1, 0.15) is 6.33 Å². The molecule has 0 bridgehead atoms. The van der Waals surface area contributed by atoms with Gasteiger partial charge in [-0.3, -0.25) is 4.79 Å². The molecular weight excluding hydrogens is 340 g/mol. The summed E-state index contributed by atoms with van der Waals surface area (Å²) in [6.45, 7) is 2.14. The predicted molar refractivity (Wildman–Crippen MR) is 95.3 cm³/mol. The number of nitrogens with one attached hydrogen (secondary N) is 1. The van der Waals surface area contributed by atoms with Crippen LogP contribution in [0.5, 0.6) is 0 Å². The number of anilines is 1. The maximum absolute atomic E-state index is 12.3. The van der Waals surface area contributed by atoms with E-state index in [0.29, 0.717) is 37.1 Å². The van der Waals surface area contributed by atoms with Crippen LogP contribution in [0.1, 0.15) is 0 Å². The van der Waals surface area contributed by atoms with E-state index in [4.69, 9.17) is 0 Å². The number of piperazine rings is 1. The third-order valence-electron chi connectivity index (χ3n) is 3.94. The minimum Gasteiger partial charge on any atom is -0.338 e. The topological polar surface area (TPSA) is 83.4 Å². The molecular formula is C16H20N6O2S. The van der Waals surface area contributed by atoms with Crippen molar-refractivity contribution < 1.29 is 9.59 Å². The van der Waals surface area contributed by atoms with Crippen molar-refractivity contribution in [3.05, 3.63) is 36.7 Å². The van der Waals surface area contributed by atoms with Gasteiger partial charge in [-0.15, -0.1) is 10.2 Å². The van der Waals surface area contributed by atoms with E-state index in [1.165, 1.54) is 11.8 Å². The Bertz CT molecular complexity index is 727. The summed E-state index contributed by atoms with van der Waals surface area (Å²) >= 11 is 1.37. The second-order valence-electron chi connectivity index (χ2n) is 5.68. The number of carbonyl (C=O) groups is 2.